The first-order chi connectivity index (χ1) is 5.29. The van der Waals surface area contributed by atoms with Crippen LogP contribution in [0.3, 0.4) is 0 Å². The molecule has 0 aromatic rings. The van der Waals surface area contributed by atoms with Crippen molar-refractivity contribution >= 4 is 10.7 Å². The first kappa shape index (κ1) is 8.07. The maximum absolute atomic E-state index is 10.3. The molecule has 0 aromatic carbocycles. The molecule has 1 heterocycles. The lowest BCUT2D eigenvalue weighted by atomic mass is 10.5. The van der Waals surface area contributed by atoms with E-state index in [-0.39, 0.29) is 5.88 Å². The van der Waals surface area contributed by atoms with E-state index in [1.807, 2.05) is 12.2 Å². The lowest BCUT2D eigenvalue weighted by Gasteiger charge is -2.08. The van der Waals surface area contributed by atoms with Gasteiger partial charge in [-0.1, -0.05) is 12.2 Å². The van der Waals surface area contributed by atoms with E-state index in [0.717, 1.165) is 0 Å². The summed E-state index contributed by atoms with van der Waals surface area (Å²) in [6.45, 7) is 0. The molecule has 0 N–H and O–H groups in total. The summed E-state index contributed by atoms with van der Waals surface area (Å²) < 4.78 is 20.6. The topological polar surface area (TPSA) is 37.4 Å². The van der Waals surface area contributed by atoms with Crippen molar-refractivity contribution in [3.8, 4) is 0 Å². The van der Waals surface area contributed by atoms with Crippen molar-refractivity contribution in [2.75, 3.05) is 5.88 Å². The summed E-state index contributed by atoms with van der Waals surface area (Å²) in [5, 5.41) is 0. The van der Waals surface area contributed by atoms with Crippen LogP contribution >= 0.6 is 0 Å². The molecule has 0 spiro atoms. The van der Waals surface area contributed by atoms with Gasteiger partial charge in [0.2, 0.25) is 0 Å². The fraction of sp³-hybridized carbons (Fsp3) is 0.143. The van der Waals surface area contributed by atoms with E-state index in [0.29, 0.717) is 0 Å². The molecule has 1 rings (SSSR count). The van der Waals surface area contributed by atoms with Gasteiger partial charge in [-0.05, 0) is 12.2 Å². The van der Waals surface area contributed by atoms with Gasteiger partial charge in [-0.15, -0.1) is 0 Å². The Morgan fingerprint density at radius 2 is 1.55 bits per heavy atom. The van der Waals surface area contributed by atoms with Crippen molar-refractivity contribution in [3.63, 3.8) is 0 Å². The predicted octanol–water partition coefficient (Wildman–Crippen LogP) is 0.455. The Labute approximate surface area is 67.3 Å². The number of allylic oxidation sites excluding steroid dienone is 4. The predicted molar refractivity (Wildman–Crippen MR) is 44.4 cm³/mol. The molecule has 0 unspecified atom stereocenters. The zero-order valence-corrected chi connectivity index (χ0v) is 6.78. The van der Waals surface area contributed by atoms with Gasteiger partial charge in [0, 0.05) is 12.4 Å². The van der Waals surface area contributed by atoms with Crippen LogP contribution in [0.2, 0.25) is 0 Å². The van der Waals surface area contributed by atoms with E-state index < -0.39 is 10.7 Å². The third-order valence-electron chi connectivity index (χ3n) is 1.17. The highest BCUT2D eigenvalue weighted by Crippen LogP contribution is 1.96. The summed E-state index contributed by atoms with van der Waals surface area (Å²) in [5.41, 5.74) is 0. The molecule has 0 bridgehead atoms. The average molecular weight is 171 g/mol. The monoisotopic (exact) mass is 171 g/mol. The van der Waals surface area contributed by atoms with Crippen LogP contribution in [0.5, 0.6) is 0 Å². The molecule has 1 aliphatic heterocycles. The highest BCUT2D eigenvalue weighted by atomic mass is 32.2. The minimum Gasteiger partial charge on any atom is -0.340 e. The van der Waals surface area contributed by atoms with Gasteiger partial charge in [0.1, 0.15) is 5.88 Å². The van der Waals surface area contributed by atoms with Crippen LogP contribution in [-0.4, -0.2) is 19.2 Å². The fourth-order valence-electron chi connectivity index (χ4n) is 0.726. The average Bonchev–Trinajstić information content (AvgIpc) is 2.14. The van der Waals surface area contributed by atoms with Gasteiger partial charge in [-0.3, -0.25) is 0 Å². The number of hydrogen-bond acceptors (Lipinski definition) is 3. The van der Waals surface area contributed by atoms with Crippen LogP contribution in [0.4, 0.5) is 0 Å². The van der Waals surface area contributed by atoms with Crippen LogP contribution < -0.4 is 0 Å². The summed E-state index contributed by atoms with van der Waals surface area (Å²) in [6.07, 6.45) is 10.7. The minimum atomic E-state index is -2.34. The molecule has 1 aliphatic rings. The zero-order chi connectivity index (χ0) is 8.10. The minimum absolute atomic E-state index is 0.0456. The second-order valence-electron chi connectivity index (χ2n) is 2.06. The highest BCUT2D eigenvalue weighted by molar-refractivity contribution is 7.72. The standard InChI is InChI=1S/C7H9NO2S/c9-11(10)7-8-5-3-1-2-4-6-8/h1-6,11H,7H2. The van der Waals surface area contributed by atoms with Crippen molar-refractivity contribution in [1.82, 2.24) is 4.90 Å². The van der Waals surface area contributed by atoms with E-state index >= 15 is 0 Å². The van der Waals surface area contributed by atoms with Crippen LogP contribution in [0.1, 0.15) is 0 Å². The summed E-state index contributed by atoms with van der Waals surface area (Å²) >= 11 is 0. The van der Waals surface area contributed by atoms with Gasteiger partial charge in [-0.25, -0.2) is 8.42 Å². The fourth-order valence-corrected chi connectivity index (χ4v) is 1.18. The summed E-state index contributed by atoms with van der Waals surface area (Å²) in [7, 11) is -2.34. The van der Waals surface area contributed by atoms with Crippen LogP contribution in [0, 0.1) is 0 Å². The van der Waals surface area contributed by atoms with Gasteiger partial charge in [-0.2, -0.15) is 0 Å². The Kier molecular flexibility index (Phi) is 2.92. The van der Waals surface area contributed by atoms with Gasteiger partial charge >= 0.3 is 0 Å². The van der Waals surface area contributed by atoms with Gasteiger partial charge in [0.25, 0.3) is 0 Å². The third kappa shape index (κ3) is 3.04. The molecule has 0 amide bonds. The van der Waals surface area contributed by atoms with E-state index in [1.165, 1.54) is 0 Å². The van der Waals surface area contributed by atoms with Crippen molar-refractivity contribution in [1.29, 1.82) is 0 Å². The number of thiol groups is 1. The Morgan fingerprint density at radius 1 is 1.00 bits per heavy atom. The maximum atomic E-state index is 10.3. The van der Waals surface area contributed by atoms with Gasteiger partial charge in [0.05, 0.1) is 0 Å². The number of hydrogen-bond donors (Lipinski definition) is 1. The Balaban J connectivity index is 2.60. The van der Waals surface area contributed by atoms with Crippen LogP contribution in [0.25, 0.3) is 0 Å². The summed E-state index contributed by atoms with van der Waals surface area (Å²) in [5.74, 6) is 0.0456. The van der Waals surface area contributed by atoms with E-state index in [4.69, 9.17) is 0 Å². The van der Waals surface area contributed by atoms with Crippen molar-refractivity contribution in [2.24, 2.45) is 0 Å². The van der Waals surface area contributed by atoms with Crippen LogP contribution in [0.15, 0.2) is 36.7 Å². The summed E-state index contributed by atoms with van der Waals surface area (Å²) in [6, 6.07) is 0. The van der Waals surface area contributed by atoms with E-state index in [1.54, 1.807) is 29.5 Å². The molecule has 0 aliphatic carbocycles. The second-order valence-corrected chi connectivity index (χ2v) is 3.00. The molecule has 11 heavy (non-hydrogen) atoms. The molecule has 0 fully saturated rings. The molecule has 60 valence electrons. The Bertz CT molecular complexity index is 252. The largest absolute Gasteiger partial charge is 0.340 e. The van der Waals surface area contributed by atoms with Crippen molar-refractivity contribution in [3.05, 3.63) is 36.7 Å². The Hall–Kier alpha value is -1.03. The SMILES string of the molecule is O=[SH](=O)CN1C=CC=CC=C1. The molecule has 0 saturated heterocycles. The lowest BCUT2D eigenvalue weighted by molar-refractivity contribution is 0.555. The summed E-state index contributed by atoms with van der Waals surface area (Å²) in [4.78, 5) is 1.60. The van der Waals surface area contributed by atoms with E-state index in [9.17, 15) is 8.42 Å². The smallest absolute Gasteiger partial charge is 0.158 e. The van der Waals surface area contributed by atoms with Crippen molar-refractivity contribution in [2.45, 2.75) is 0 Å². The second kappa shape index (κ2) is 3.98. The molecule has 3 nitrogen and oxygen atoms in total. The normalized spacial score (nSPS) is 15.9. The maximum Gasteiger partial charge on any atom is 0.158 e. The molecular weight excluding hydrogens is 162 g/mol. The molecule has 0 saturated carbocycles. The quantitative estimate of drug-likeness (QED) is 0.613. The lowest BCUT2D eigenvalue weighted by Crippen LogP contribution is -2.11. The first-order valence-corrected chi connectivity index (χ1v) is 4.54. The molecular formula is C7H9NO2S. The Morgan fingerprint density at radius 3 is 2.00 bits per heavy atom. The van der Waals surface area contributed by atoms with Crippen LogP contribution in [-0.2, 0) is 10.7 Å². The first-order valence-electron chi connectivity index (χ1n) is 3.18. The number of nitrogens with zero attached hydrogens (tertiary/aromatic N) is 1. The molecule has 4 heteroatoms. The third-order valence-corrected chi connectivity index (χ3v) is 1.72. The van der Waals surface area contributed by atoms with E-state index in [2.05, 4.69) is 0 Å². The number of rotatable bonds is 2. The highest BCUT2D eigenvalue weighted by Gasteiger charge is 1.94. The molecule has 0 radical (unpaired) electrons. The molecule has 0 atom stereocenters. The molecule has 0 aromatic heterocycles. The van der Waals surface area contributed by atoms with Gasteiger partial charge < -0.3 is 4.90 Å². The zero-order valence-electron chi connectivity index (χ0n) is 5.88. The van der Waals surface area contributed by atoms with Gasteiger partial charge in [0.15, 0.2) is 10.7 Å². The van der Waals surface area contributed by atoms with Crippen molar-refractivity contribution < 1.29 is 8.42 Å².